The maximum absolute atomic E-state index is 13.4. The number of aromatic nitrogens is 5. The summed E-state index contributed by atoms with van der Waals surface area (Å²) in [4.78, 5) is 18.3. The number of nitrogens with two attached hydrogens (primary N) is 1. The third kappa shape index (κ3) is 3.23. The van der Waals surface area contributed by atoms with Gasteiger partial charge in [-0.1, -0.05) is 23.9 Å². The second kappa shape index (κ2) is 6.56. The summed E-state index contributed by atoms with van der Waals surface area (Å²) in [5.41, 5.74) is 6.57. The number of hydrogen-bond acceptors (Lipinski definition) is 7. The number of nitrogen functional groups attached to an aromatic ring is 1. The lowest BCUT2D eigenvalue weighted by molar-refractivity contribution is 0.0656. The molecule has 3 rings (SSSR count). The van der Waals surface area contributed by atoms with Crippen LogP contribution in [0.5, 0.6) is 0 Å². The highest BCUT2D eigenvalue weighted by Crippen LogP contribution is 2.30. The molecule has 7 nitrogen and oxygen atoms in total. The van der Waals surface area contributed by atoms with Crippen molar-refractivity contribution in [3.8, 4) is 0 Å². The highest BCUT2D eigenvalue weighted by atomic mass is 32.2. The molecule has 126 valence electrons. The molecule has 0 saturated carbocycles. The number of halogens is 2. The molecule has 0 aliphatic rings. The van der Waals surface area contributed by atoms with Crippen LogP contribution in [-0.2, 0) is 5.75 Å². The Hall–Kier alpha value is -2.49. The summed E-state index contributed by atoms with van der Waals surface area (Å²) < 4.78 is 27.7. The van der Waals surface area contributed by atoms with E-state index < -0.39 is 6.55 Å². The Bertz CT molecular complexity index is 865. The molecule has 24 heavy (non-hydrogen) atoms. The number of anilines is 2. The molecular formula is C14H15F2N7S. The van der Waals surface area contributed by atoms with Crippen LogP contribution < -0.4 is 10.6 Å². The molecule has 2 N–H and O–H groups in total. The monoisotopic (exact) mass is 351 g/mol. The number of imidazole rings is 1. The van der Waals surface area contributed by atoms with E-state index in [1.165, 1.54) is 0 Å². The summed E-state index contributed by atoms with van der Waals surface area (Å²) in [5.74, 6) is 1.17. The Labute approximate surface area is 140 Å². The topological polar surface area (TPSA) is 85.8 Å². The zero-order valence-electron chi connectivity index (χ0n) is 13.0. The summed E-state index contributed by atoms with van der Waals surface area (Å²) in [5, 5.41) is 0.205. The number of benzene rings is 1. The van der Waals surface area contributed by atoms with Gasteiger partial charge < -0.3 is 10.6 Å². The average molecular weight is 351 g/mol. The summed E-state index contributed by atoms with van der Waals surface area (Å²) in [6.07, 6.45) is 0. The van der Waals surface area contributed by atoms with E-state index >= 15 is 0 Å². The Morgan fingerprint density at radius 3 is 2.62 bits per heavy atom. The molecule has 2 heterocycles. The Kier molecular flexibility index (Phi) is 4.47. The predicted molar refractivity (Wildman–Crippen MR) is 89.1 cm³/mol. The van der Waals surface area contributed by atoms with E-state index in [-0.39, 0.29) is 16.9 Å². The molecule has 1 aromatic carbocycles. The van der Waals surface area contributed by atoms with Crippen LogP contribution in [0.1, 0.15) is 12.4 Å². The van der Waals surface area contributed by atoms with Gasteiger partial charge in [0.05, 0.1) is 16.8 Å². The van der Waals surface area contributed by atoms with Gasteiger partial charge in [-0.05, 0) is 12.1 Å². The smallest absolute Gasteiger partial charge is 0.321 e. The van der Waals surface area contributed by atoms with Gasteiger partial charge >= 0.3 is 6.55 Å². The maximum atomic E-state index is 13.4. The van der Waals surface area contributed by atoms with Gasteiger partial charge in [0, 0.05) is 14.1 Å². The van der Waals surface area contributed by atoms with Crippen LogP contribution in [0.25, 0.3) is 11.0 Å². The number of alkyl halides is 2. The quantitative estimate of drug-likeness (QED) is 0.707. The molecule has 0 spiro atoms. The van der Waals surface area contributed by atoms with Gasteiger partial charge in [0.2, 0.25) is 11.9 Å². The van der Waals surface area contributed by atoms with Crippen molar-refractivity contribution in [2.24, 2.45) is 0 Å². The van der Waals surface area contributed by atoms with Crippen LogP contribution in [0.3, 0.4) is 0 Å². The van der Waals surface area contributed by atoms with Gasteiger partial charge in [-0.2, -0.15) is 23.7 Å². The molecule has 0 radical (unpaired) electrons. The molecule has 0 saturated heterocycles. The zero-order valence-corrected chi connectivity index (χ0v) is 13.8. The normalized spacial score (nSPS) is 11.4. The molecular weight excluding hydrogens is 336 g/mol. The summed E-state index contributed by atoms with van der Waals surface area (Å²) >= 11 is 1.13. The van der Waals surface area contributed by atoms with E-state index in [9.17, 15) is 8.78 Å². The SMILES string of the molecule is CN(C)c1nc(N)nc(CSc2nc3ccccc3n2C(F)F)n1. The van der Waals surface area contributed by atoms with Crippen molar-refractivity contribution in [2.45, 2.75) is 17.5 Å². The van der Waals surface area contributed by atoms with Gasteiger partial charge in [-0.3, -0.25) is 4.57 Å². The lowest BCUT2D eigenvalue weighted by atomic mass is 10.3. The van der Waals surface area contributed by atoms with Gasteiger partial charge in [0.25, 0.3) is 0 Å². The van der Waals surface area contributed by atoms with E-state index in [0.717, 1.165) is 16.3 Å². The molecule has 0 bridgehead atoms. The minimum Gasteiger partial charge on any atom is -0.368 e. The van der Waals surface area contributed by atoms with E-state index in [0.29, 0.717) is 22.8 Å². The number of para-hydroxylation sites is 2. The van der Waals surface area contributed by atoms with Crippen LogP contribution in [-0.4, -0.2) is 38.6 Å². The van der Waals surface area contributed by atoms with Crippen LogP contribution in [0.15, 0.2) is 29.4 Å². The second-order valence-electron chi connectivity index (χ2n) is 5.12. The van der Waals surface area contributed by atoms with Crippen molar-refractivity contribution in [1.29, 1.82) is 0 Å². The second-order valence-corrected chi connectivity index (χ2v) is 6.07. The molecule has 3 aromatic rings. The first-order chi connectivity index (χ1) is 11.5. The third-order valence-corrected chi connectivity index (χ3v) is 4.12. The summed E-state index contributed by atoms with van der Waals surface area (Å²) in [6.45, 7) is -2.68. The van der Waals surface area contributed by atoms with Crippen molar-refractivity contribution in [3.05, 3.63) is 30.1 Å². The van der Waals surface area contributed by atoms with E-state index in [2.05, 4.69) is 19.9 Å². The van der Waals surface area contributed by atoms with E-state index in [1.54, 1.807) is 43.3 Å². The molecule has 10 heteroatoms. The van der Waals surface area contributed by atoms with Gasteiger partial charge in [0.15, 0.2) is 5.16 Å². The lowest BCUT2D eigenvalue weighted by Crippen LogP contribution is -2.16. The molecule has 0 atom stereocenters. The molecule has 0 amide bonds. The van der Waals surface area contributed by atoms with Crippen LogP contribution in [0.4, 0.5) is 20.7 Å². The molecule has 0 aliphatic heterocycles. The van der Waals surface area contributed by atoms with E-state index in [4.69, 9.17) is 5.73 Å². The van der Waals surface area contributed by atoms with Gasteiger partial charge in [-0.25, -0.2) is 4.98 Å². The van der Waals surface area contributed by atoms with Crippen LogP contribution >= 0.6 is 11.8 Å². The Morgan fingerprint density at radius 1 is 1.17 bits per heavy atom. The standard InChI is InChI=1S/C14H15F2N7S/c1-22(2)13-20-10(19-12(17)21-13)7-24-14-18-8-5-3-4-6-9(8)23(14)11(15)16/h3-6,11H,7H2,1-2H3,(H2,17,19,20,21). The van der Waals surface area contributed by atoms with Crippen LogP contribution in [0.2, 0.25) is 0 Å². The highest BCUT2D eigenvalue weighted by Gasteiger charge is 2.18. The Morgan fingerprint density at radius 2 is 1.92 bits per heavy atom. The lowest BCUT2D eigenvalue weighted by Gasteiger charge is -2.11. The molecule has 0 unspecified atom stereocenters. The molecule has 0 fully saturated rings. The zero-order chi connectivity index (χ0) is 17.3. The largest absolute Gasteiger partial charge is 0.368 e. The number of thioether (sulfide) groups is 1. The molecule has 0 aliphatic carbocycles. The first-order valence-corrected chi connectivity index (χ1v) is 8.00. The number of rotatable bonds is 5. The maximum Gasteiger partial charge on any atom is 0.321 e. The van der Waals surface area contributed by atoms with E-state index in [1.807, 2.05) is 0 Å². The number of hydrogen-bond donors (Lipinski definition) is 1. The summed E-state index contributed by atoms with van der Waals surface area (Å²) in [6, 6.07) is 6.77. The average Bonchev–Trinajstić information content (AvgIpc) is 2.90. The Balaban J connectivity index is 1.90. The van der Waals surface area contributed by atoms with Crippen molar-refractivity contribution in [1.82, 2.24) is 24.5 Å². The predicted octanol–water partition coefficient (Wildman–Crippen LogP) is 2.56. The summed E-state index contributed by atoms with van der Waals surface area (Å²) in [7, 11) is 3.56. The minimum atomic E-state index is -2.68. The first-order valence-electron chi connectivity index (χ1n) is 7.01. The fraction of sp³-hybridized carbons (Fsp3) is 0.286. The van der Waals surface area contributed by atoms with Crippen molar-refractivity contribution in [2.75, 3.05) is 24.7 Å². The van der Waals surface area contributed by atoms with Crippen molar-refractivity contribution in [3.63, 3.8) is 0 Å². The number of fused-ring (bicyclic) bond motifs is 1. The number of nitrogens with zero attached hydrogens (tertiary/aromatic N) is 6. The fourth-order valence-electron chi connectivity index (χ4n) is 2.13. The minimum absolute atomic E-state index is 0.0895. The van der Waals surface area contributed by atoms with Crippen LogP contribution in [0, 0.1) is 0 Å². The first kappa shape index (κ1) is 16.4. The third-order valence-electron chi connectivity index (χ3n) is 3.18. The van der Waals surface area contributed by atoms with Gasteiger partial charge in [0.1, 0.15) is 5.82 Å². The highest BCUT2D eigenvalue weighted by molar-refractivity contribution is 7.98. The van der Waals surface area contributed by atoms with Crippen molar-refractivity contribution < 1.29 is 8.78 Å². The van der Waals surface area contributed by atoms with Crippen molar-refractivity contribution >= 4 is 34.7 Å². The molecule has 2 aromatic heterocycles. The fourth-order valence-corrected chi connectivity index (χ4v) is 3.00. The van der Waals surface area contributed by atoms with Gasteiger partial charge in [-0.15, -0.1) is 0 Å².